The van der Waals surface area contributed by atoms with Gasteiger partial charge in [-0.3, -0.25) is 9.89 Å². The minimum absolute atomic E-state index is 0.0565. The van der Waals surface area contributed by atoms with Crippen molar-refractivity contribution in [1.82, 2.24) is 25.1 Å². The van der Waals surface area contributed by atoms with E-state index in [9.17, 15) is 4.79 Å². The van der Waals surface area contributed by atoms with Crippen LogP contribution in [0.5, 0.6) is 5.75 Å². The first kappa shape index (κ1) is 24.6. The second-order valence-corrected chi connectivity index (χ2v) is 9.21. The Kier molecular flexibility index (Phi) is 7.81. The molecule has 4 aromatic rings. The molecule has 0 radical (unpaired) electrons. The molecule has 190 valence electrons. The molecule has 3 heterocycles. The van der Waals surface area contributed by atoms with Gasteiger partial charge in [0.1, 0.15) is 23.7 Å². The number of aromatic amines is 1. The fraction of sp³-hybridized carbons (Fsp3) is 0.321. The topological polar surface area (TPSA) is 115 Å². The van der Waals surface area contributed by atoms with Crippen molar-refractivity contribution >= 4 is 11.7 Å². The highest BCUT2D eigenvalue weighted by Crippen LogP contribution is 2.28. The summed E-state index contributed by atoms with van der Waals surface area (Å²) in [5.74, 6) is 1.94. The average Bonchev–Trinajstić information content (AvgIpc) is 3.40. The molecule has 1 unspecified atom stereocenters. The van der Waals surface area contributed by atoms with E-state index in [4.69, 9.17) is 9.47 Å². The Morgan fingerprint density at radius 3 is 2.89 bits per heavy atom. The van der Waals surface area contributed by atoms with E-state index in [0.717, 1.165) is 48.5 Å². The Balaban J connectivity index is 1.23. The Morgan fingerprint density at radius 1 is 1.16 bits per heavy atom. The predicted octanol–water partition coefficient (Wildman–Crippen LogP) is 4.61. The van der Waals surface area contributed by atoms with Crippen molar-refractivity contribution < 1.29 is 14.3 Å². The minimum atomic E-state index is -0.444. The first-order chi connectivity index (χ1) is 18.1. The number of rotatable bonds is 9. The van der Waals surface area contributed by atoms with Gasteiger partial charge in [-0.1, -0.05) is 36.4 Å². The van der Waals surface area contributed by atoms with Gasteiger partial charge in [0.15, 0.2) is 0 Å². The molecule has 1 aliphatic rings. The number of ether oxygens (including phenoxy) is 2. The third-order valence-electron chi connectivity index (χ3n) is 6.39. The van der Waals surface area contributed by atoms with Gasteiger partial charge in [-0.25, -0.2) is 15.0 Å². The van der Waals surface area contributed by atoms with E-state index in [2.05, 4.69) is 30.5 Å². The first-order valence-corrected chi connectivity index (χ1v) is 12.5. The Bertz CT molecular complexity index is 1330. The molecule has 2 N–H and O–H groups in total. The average molecular weight is 499 g/mol. The third kappa shape index (κ3) is 6.56. The number of aryl methyl sites for hydroxylation is 1. The van der Waals surface area contributed by atoms with Gasteiger partial charge in [0.2, 0.25) is 5.82 Å². The van der Waals surface area contributed by atoms with Crippen LogP contribution < -0.4 is 10.1 Å². The van der Waals surface area contributed by atoms with Gasteiger partial charge in [-0.05, 0) is 55.4 Å². The smallest absolute Gasteiger partial charge is 0.296 e. The van der Waals surface area contributed by atoms with Crippen molar-refractivity contribution in [2.45, 2.75) is 32.6 Å². The molecule has 37 heavy (non-hydrogen) atoms. The normalized spacial score (nSPS) is 15.3. The number of nitrogens with one attached hydrogen (secondary N) is 2. The molecule has 1 atom stereocenters. The number of carbonyl (C=O) groups excluding carboxylic acids is 1. The van der Waals surface area contributed by atoms with Crippen LogP contribution in [-0.2, 0) is 11.2 Å². The predicted molar refractivity (Wildman–Crippen MR) is 139 cm³/mol. The van der Waals surface area contributed by atoms with Gasteiger partial charge in [0, 0.05) is 31.3 Å². The lowest BCUT2D eigenvalue weighted by atomic mass is 9.99. The maximum absolute atomic E-state index is 12.8. The van der Waals surface area contributed by atoms with Gasteiger partial charge < -0.3 is 14.8 Å². The summed E-state index contributed by atoms with van der Waals surface area (Å²) in [5, 5.41) is 9.67. The molecule has 2 aromatic carbocycles. The van der Waals surface area contributed by atoms with Crippen LogP contribution >= 0.6 is 0 Å². The molecule has 0 saturated carbocycles. The van der Waals surface area contributed by atoms with Crippen LogP contribution in [0.15, 0.2) is 60.9 Å². The monoisotopic (exact) mass is 498 g/mol. The van der Waals surface area contributed by atoms with Crippen LogP contribution in [0, 0.1) is 12.8 Å². The number of anilines is 1. The summed E-state index contributed by atoms with van der Waals surface area (Å²) in [4.78, 5) is 25.7. The van der Waals surface area contributed by atoms with Crippen molar-refractivity contribution in [2.75, 3.05) is 25.1 Å². The van der Waals surface area contributed by atoms with E-state index >= 15 is 0 Å². The largest absolute Gasteiger partial charge is 0.494 e. The number of nitrogens with zero attached hydrogens (tertiary/aromatic N) is 4. The fourth-order valence-electron chi connectivity index (χ4n) is 4.36. The number of aromatic nitrogens is 5. The van der Waals surface area contributed by atoms with E-state index in [0.29, 0.717) is 36.3 Å². The lowest BCUT2D eigenvalue weighted by Gasteiger charge is -2.22. The lowest BCUT2D eigenvalue weighted by molar-refractivity contribution is 0.0462. The van der Waals surface area contributed by atoms with E-state index in [1.165, 1.54) is 12.7 Å². The zero-order valence-corrected chi connectivity index (χ0v) is 20.8. The van der Waals surface area contributed by atoms with Gasteiger partial charge in [-0.2, -0.15) is 0 Å². The minimum Gasteiger partial charge on any atom is -0.494 e. The van der Waals surface area contributed by atoms with Crippen LogP contribution in [0.4, 0.5) is 5.82 Å². The number of amides is 1. The van der Waals surface area contributed by atoms with E-state index in [-0.39, 0.29) is 5.82 Å². The van der Waals surface area contributed by atoms with Gasteiger partial charge in [0.25, 0.3) is 5.91 Å². The molecule has 0 spiro atoms. The third-order valence-corrected chi connectivity index (χ3v) is 6.39. The van der Waals surface area contributed by atoms with Crippen molar-refractivity contribution in [3.8, 4) is 17.0 Å². The summed E-state index contributed by atoms with van der Waals surface area (Å²) in [6.07, 6.45) is 5.28. The van der Waals surface area contributed by atoms with Crippen molar-refractivity contribution in [3.63, 3.8) is 0 Å². The quantitative estimate of drug-likeness (QED) is 0.346. The number of benzene rings is 2. The van der Waals surface area contributed by atoms with E-state index in [1.807, 2.05) is 55.5 Å². The number of hydrogen-bond donors (Lipinski definition) is 2. The van der Waals surface area contributed by atoms with E-state index in [1.54, 1.807) is 6.07 Å². The summed E-state index contributed by atoms with van der Waals surface area (Å²) in [6.45, 7) is 4.35. The molecule has 9 nitrogen and oxygen atoms in total. The molecule has 2 aromatic heterocycles. The summed E-state index contributed by atoms with van der Waals surface area (Å²) < 4.78 is 11.6. The molecule has 1 amide bonds. The highest BCUT2D eigenvalue weighted by Gasteiger charge is 2.16. The van der Waals surface area contributed by atoms with Gasteiger partial charge >= 0.3 is 0 Å². The van der Waals surface area contributed by atoms with Gasteiger partial charge in [-0.15, -0.1) is 5.10 Å². The van der Waals surface area contributed by atoms with Crippen LogP contribution in [0.25, 0.3) is 11.3 Å². The second-order valence-electron chi connectivity index (χ2n) is 9.21. The molecule has 0 aliphatic carbocycles. The van der Waals surface area contributed by atoms with Crippen LogP contribution in [0.2, 0.25) is 0 Å². The number of carbonyl (C=O) groups is 1. The van der Waals surface area contributed by atoms with Crippen molar-refractivity contribution in [1.29, 1.82) is 0 Å². The maximum atomic E-state index is 12.8. The molecule has 1 aliphatic heterocycles. The standard InChI is InChI=1S/C28H30N6O3/c1-19-9-10-22(37-13-11-21-8-5-12-36-17-21)15-23(19)24-16-25(30-18-29-24)32-28(35)27-31-26(33-34-27)14-20-6-3-2-4-7-20/h2-4,6-7,9-10,15-16,18,21H,5,8,11-14,17H2,1H3,(H,31,33,34)(H,29,30,32,35). The number of H-pyrrole nitrogens is 1. The van der Waals surface area contributed by atoms with Crippen LogP contribution in [0.1, 0.15) is 46.8 Å². The first-order valence-electron chi connectivity index (χ1n) is 12.5. The van der Waals surface area contributed by atoms with Crippen molar-refractivity contribution in [2.24, 2.45) is 5.92 Å². The Labute approximate surface area is 215 Å². The van der Waals surface area contributed by atoms with Crippen LogP contribution in [0.3, 0.4) is 0 Å². The zero-order chi connectivity index (χ0) is 25.5. The SMILES string of the molecule is Cc1ccc(OCCC2CCCOC2)cc1-c1cc(NC(=O)c2n[nH]c(Cc3ccccc3)n2)ncn1. The summed E-state index contributed by atoms with van der Waals surface area (Å²) in [7, 11) is 0. The molecule has 5 rings (SSSR count). The van der Waals surface area contributed by atoms with Crippen LogP contribution in [-0.4, -0.2) is 50.9 Å². The second kappa shape index (κ2) is 11.7. The summed E-state index contributed by atoms with van der Waals surface area (Å²) in [5.41, 5.74) is 3.73. The summed E-state index contributed by atoms with van der Waals surface area (Å²) in [6, 6.07) is 17.6. The number of hydrogen-bond acceptors (Lipinski definition) is 7. The van der Waals surface area contributed by atoms with E-state index < -0.39 is 5.91 Å². The molecule has 1 fully saturated rings. The maximum Gasteiger partial charge on any atom is 0.296 e. The molecular weight excluding hydrogens is 468 g/mol. The summed E-state index contributed by atoms with van der Waals surface area (Å²) >= 11 is 0. The highest BCUT2D eigenvalue weighted by atomic mass is 16.5. The highest BCUT2D eigenvalue weighted by molar-refractivity contribution is 6.01. The van der Waals surface area contributed by atoms with Crippen molar-refractivity contribution in [3.05, 3.63) is 83.7 Å². The molecule has 1 saturated heterocycles. The zero-order valence-electron chi connectivity index (χ0n) is 20.8. The Morgan fingerprint density at radius 2 is 2.05 bits per heavy atom. The Hall–Kier alpha value is -4.11. The molecule has 9 heteroatoms. The van der Waals surface area contributed by atoms with Gasteiger partial charge in [0.05, 0.1) is 12.3 Å². The molecule has 0 bridgehead atoms. The molecular formula is C28H30N6O3. The lowest BCUT2D eigenvalue weighted by Crippen LogP contribution is -2.19. The fourth-order valence-corrected chi connectivity index (χ4v) is 4.36.